The lowest BCUT2D eigenvalue weighted by Gasteiger charge is -2.08. The molecule has 0 aliphatic heterocycles. The Hall–Kier alpha value is -4.50. The molecule has 0 atom stereocenters. The van der Waals surface area contributed by atoms with Gasteiger partial charge in [-0.2, -0.15) is 0 Å². The Morgan fingerprint density at radius 1 is 1.09 bits per heavy atom. The van der Waals surface area contributed by atoms with E-state index in [0.717, 1.165) is 29.1 Å². The first-order chi connectivity index (χ1) is 16.5. The van der Waals surface area contributed by atoms with Crippen molar-refractivity contribution in [3.05, 3.63) is 89.1 Å². The van der Waals surface area contributed by atoms with Crippen LogP contribution in [-0.4, -0.2) is 26.6 Å². The number of nitrogens with zero attached hydrogens (tertiary/aromatic N) is 3. The number of carbonyl (C=O) groups excluding carboxylic acids is 2. The first-order valence-electron chi connectivity index (χ1n) is 10.4. The standard InChI is InChI=1S/C25H20N6O2S/c1-15-23(31-11-10-16(13-32)12-22(31)27-15)21-14-34-25(30-21)28-18-8-6-17(7-9-18)24(33)29-20-5-3-2-4-19(20)26/h2-14H,26H2,1H3,(H,28,30)(H,29,33). The van der Waals surface area contributed by atoms with Crippen molar-refractivity contribution in [2.24, 2.45) is 0 Å². The number of nitrogens with two attached hydrogens (primary N) is 1. The molecule has 0 saturated heterocycles. The van der Waals surface area contributed by atoms with Crippen LogP contribution in [0.25, 0.3) is 17.0 Å². The molecule has 0 bridgehead atoms. The summed E-state index contributed by atoms with van der Waals surface area (Å²) in [4.78, 5) is 32.8. The summed E-state index contributed by atoms with van der Waals surface area (Å²) in [5.41, 5.74) is 12.1. The van der Waals surface area contributed by atoms with E-state index in [0.29, 0.717) is 33.3 Å². The third-order valence-corrected chi connectivity index (χ3v) is 6.07. The normalized spacial score (nSPS) is 10.9. The van der Waals surface area contributed by atoms with Gasteiger partial charge in [-0.25, -0.2) is 9.97 Å². The molecule has 0 fully saturated rings. The van der Waals surface area contributed by atoms with E-state index >= 15 is 0 Å². The topological polar surface area (TPSA) is 114 Å². The van der Waals surface area contributed by atoms with Crippen LogP contribution in [0.5, 0.6) is 0 Å². The summed E-state index contributed by atoms with van der Waals surface area (Å²) in [7, 11) is 0. The molecule has 3 aromatic heterocycles. The summed E-state index contributed by atoms with van der Waals surface area (Å²) in [5.74, 6) is -0.234. The number of hydrogen-bond acceptors (Lipinski definition) is 7. The van der Waals surface area contributed by atoms with Crippen molar-refractivity contribution in [1.82, 2.24) is 14.4 Å². The van der Waals surface area contributed by atoms with Crippen LogP contribution in [0, 0.1) is 6.92 Å². The summed E-state index contributed by atoms with van der Waals surface area (Å²) in [6.45, 7) is 1.92. The van der Waals surface area contributed by atoms with Crippen LogP contribution < -0.4 is 16.4 Å². The molecular weight excluding hydrogens is 448 g/mol. The highest BCUT2D eigenvalue weighted by atomic mass is 32.1. The maximum atomic E-state index is 12.5. The molecule has 8 nitrogen and oxygen atoms in total. The number of aromatic nitrogens is 3. The Morgan fingerprint density at radius 3 is 2.65 bits per heavy atom. The quantitative estimate of drug-likeness (QED) is 0.234. The molecule has 2 aromatic carbocycles. The number of thiazole rings is 1. The van der Waals surface area contributed by atoms with Crippen molar-refractivity contribution in [2.45, 2.75) is 6.92 Å². The lowest BCUT2D eigenvalue weighted by molar-refractivity contribution is 0.102. The molecular formula is C25H20N6O2S. The Balaban J connectivity index is 1.32. The number of anilines is 4. The van der Waals surface area contributed by atoms with Gasteiger partial charge in [-0.15, -0.1) is 11.3 Å². The molecule has 0 radical (unpaired) electrons. The lowest BCUT2D eigenvalue weighted by Crippen LogP contribution is -2.13. The number of aldehydes is 1. The van der Waals surface area contributed by atoms with Gasteiger partial charge in [-0.1, -0.05) is 12.1 Å². The highest BCUT2D eigenvalue weighted by molar-refractivity contribution is 7.14. The lowest BCUT2D eigenvalue weighted by atomic mass is 10.2. The number of rotatable bonds is 6. The molecule has 168 valence electrons. The highest BCUT2D eigenvalue weighted by Crippen LogP contribution is 2.30. The molecule has 0 saturated carbocycles. The van der Waals surface area contributed by atoms with Gasteiger partial charge in [0.15, 0.2) is 5.13 Å². The molecule has 4 N–H and O–H groups in total. The molecule has 0 aliphatic carbocycles. The van der Waals surface area contributed by atoms with E-state index in [4.69, 9.17) is 10.7 Å². The summed E-state index contributed by atoms with van der Waals surface area (Å²) in [6, 6.07) is 17.8. The second-order valence-corrected chi connectivity index (χ2v) is 8.49. The van der Waals surface area contributed by atoms with Crippen LogP contribution in [0.4, 0.5) is 22.2 Å². The second-order valence-electron chi connectivity index (χ2n) is 7.63. The number of hydrogen-bond donors (Lipinski definition) is 3. The Morgan fingerprint density at radius 2 is 1.88 bits per heavy atom. The van der Waals surface area contributed by atoms with Crippen molar-refractivity contribution in [1.29, 1.82) is 0 Å². The van der Waals surface area contributed by atoms with Gasteiger partial charge in [0.1, 0.15) is 17.6 Å². The number of para-hydroxylation sites is 2. The fraction of sp³-hybridized carbons (Fsp3) is 0.0400. The third-order valence-electron chi connectivity index (χ3n) is 5.31. The number of carbonyl (C=O) groups is 2. The molecule has 9 heteroatoms. The SMILES string of the molecule is Cc1nc2cc(C=O)ccn2c1-c1csc(Nc2ccc(C(=O)Nc3ccccc3N)cc2)n1. The largest absolute Gasteiger partial charge is 0.397 e. The van der Waals surface area contributed by atoms with Gasteiger partial charge >= 0.3 is 0 Å². The molecule has 3 heterocycles. The fourth-order valence-electron chi connectivity index (χ4n) is 3.63. The molecule has 5 rings (SSSR count). The van der Waals surface area contributed by atoms with Crippen LogP contribution in [0.3, 0.4) is 0 Å². The molecule has 1 amide bonds. The maximum Gasteiger partial charge on any atom is 0.255 e. The van der Waals surface area contributed by atoms with E-state index in [2.05, 4.69) is 15.6 Å². The van der Waals surface area contributed by atoms with E-state index in [-0.39, 0.29) is 5.91 Å². The smallest absolute Gasteiger partial charge is 0.255 e. The van der Waals surface area contributed by atoms with E-state index in [1.807, 2.05) is 47.2 Å². The van der Waals surface area contributed by atoms with Crippen LogP contribution in [-0.2, 0) is 0 Å². The van der Waals surface area contributed by atoms with Crippen LogP contribution in [0.2, 0.25) is 0 Å². The zero-order valence-corrected chi connectivity index (χ0v) is 19.0. The molecule has 34 heavy (non-hydrogen) atoms. The number of pyridine rings is 1. The number of fused-ring (bicyclic) bond motifs is 1. The van der Waals surface area contributed by atoms with Gasteiger partial charge < -0.3 is 16.4 Å². The highest BCUT2D eigenvalue weighted by Gasteiger charge is 2.15. The maximum absolute atomic E-state index is 12.5. The fourth-order valence-corrected chi connectivity index (χ4v) is 4.35. The zero-order chi connectivity index (χ0) is 23.7. The average Bonchev–Trinajstić information content (AvgIpc) is 3.43. The minimum Gasteiger partial charge on any atom is -0.397 e. The monoisotopic (exact) mass is 468 g/mol. The Kier molecular flexibility index (Phi) is 5.52. The minimum absolute atomic E-state index is 0.234. The number of benzene rings is 2. The molecule has 0 unspecified atom stereocenters. The molecule has 5 aromatic rings. The average molecular weight is 469 g/mol. The van der Waals surface area contributed by atoms with Crippen LogP contribution in [0.1, 0.15) is 26.4 Å². The van der Waals surface area contributed by atoms with Gasteiger partial charge in [0, 0.05) is 28.4 Å². The van der Waals surface area contributed by atoms with Gasteiger partial charge in [-0.3, -0.25) is 14.0 Å². The van der Waals surface area contributed by atoms with Crippen molar-refractivity contribution in [3.8, 4) is 11.4 Å². The first kappa shape index (κ1) is 21.4. The van der Waals surface area contributed by atoms with Crippen molar-refractivity contribution in [3.63, 3.8) is 0 Å². The summed E-state index contributed by atoms with van der Waals surface area (Å²) < 4.78 is 1.92. The van der Waals surface area contributed by atoms with Crippen LogP contribution in [0.15, 0.2) is 72.2 Å². The van der Waals surface area contributed by atoms with Crippen molar-refractivity contribution in [2.75, 3.05) is 16.4 Å². The van der Waals surface area contributed by atoms with Gasteiger partial charge in [-0.05, 0) is 55.5 Å². The summed E-state index contributed by atoms with van der Waals surface area (Å²) in [5, 5.41) is 8.76. The predicted octanol–water partition coefficient (Wildman–Crippen LogP) is 5.16. The van der Waals surface area contributed by atoms with Crippen molar-refractivity contribution < 1.29 is 9.59 Å². The minimum atomic E-state index is -0.234. The summed E-state index contributed by atoms with van der Waals surface area (Å²) >= 11 is 1.47. The predicted molar refractivity (Wildman–Crippen MR) is 135 cm³/mol. The van der Waals surface area contributed by atoms with Crippen molar-refractivity contribution >= 4 is 51.4 Å². The summed E-state index contributed by atoms with van der Waals surface area (Å²) in [6.07, 6.45) is 2.63. The Bertz CT molecular complexity index is 1520. The van der Waals surface area contributed by atoms with Gasteiger partial charge in [0.05, 0.1) is 22.8 Å². The second kappa shape index (κ2) is 8.80. The van der Waals surface area contributed by atoms with Crippen LogP contribution >= 0.6 is 11.3 Å². The van der Waals surface area contributed by atoms with E-state index in [1.54, 1.807) is 36.4 Å². The van der Waals surface area contributed by atoms with E-state index in [9.17, 15) is 9.59 Å². The van der Waals surface area contributed by atoms with Gasteiger partial charge in [0.25, 0.3) is 5.91 Å². The first-order valence-corrected chi connectivity index (χ1v) is 11.3. The third kappa shape index (κ3) is 4.12. The number of imidazole rings is 1. The number of nitrogens with one attached hydrogen (secondary N) is 2. The number of nitrogen functional groups attached to an aromatic ring is 1. The Labute approximate surface area is 199 Å². The zero-order valence-electron chi connectivity index (χ0n) is 18.1. The van der Waals surface area contributed by atoms with E-state index < -0.39 is 0 Å². The van der Waals surface area contributed by atoms with E-state index in [1.165, 1.54) is 11.3 Å². The van der Waals surface area contributed by atoms with Gasteiger partial charge in [0.2, 0.25) is 0 Å². The molecule has 0 spiro atoms. The number of aryl methyl sites for hydroxylation is 1. The molecule has 0 aliphatic rings. The number of amides is 1.